The fourth-order valence-corrected chi connectivity index (χ4v) is 1.84. The lowest BCUT2D eigenvalue weighted by atomic mass is 10.2. The number of benzene rings is 1. The minimum Gasteiger partial charge on any atom is -0.369 e. The summed E-state index contributed by atoms with van der Waals surface area (Å²) in [7, 11) is 0. The fourth-order valence-electron chi connectivity index (χ4n) is 1.84. The van der Waals surface area contributed by atoms with E-state index >= 15 is 0 Å². The Morgan fingerprint density at radius 1 is 1.43 bits per heavy atom. The van der Waals surface area contributed by atoms with Gasteiger partial charge in [0.15, 0.2) is 0 Å². The minimum absolute atomic E-state index is 0.0301. The molecule has 0 saturated carbocycles. The quantitative estimate of drug-likeness (QED) is 0.889. The highest BCUT2D eigenvalue weighted by molar-refractivity contribution is 5.90. The van der Waals surface area contributed by atoms with E-state index in [1.54, 1.807) is 19.9 Å². The first-order chi connectivity index (χ1) is 9.88. The number of hydrogen-bond acceptors (Lipinski definition) is 4. The van der Waals surface area contributed by atoms with Crippen LogP contribution in [0.1, 0.15) is 11.3 Å². The molecule has 21 heavy (non-hydrogen) atoms. The minimum atomic E-state index is -0.487. The molecule has 2 aromatic rings. The van der Waals surface area contributed by atoms with Gasteiger partial charge in [0.1, 0.15) is 12.4 Å². The van der Waals surface area contributed by atoms with Crippen LogP contribution in [0.3, 0.4) is 0 Å². The lowest BCUT2D eigenvalue weighted by molar-refractivity contribution is -0.116. The molecule has 1 amide bonds. The number of anilines is 2. The third-order valence-electron chi connectivity index (χ3n) is 3.08. The summed E-state index contributed by atoms with van der Waals surface area (Å²) in [5.41, 5.74) is 6.57. The number of halogens is 1. The Balaban J connectivity index is 2.21. The summed E-state index contributed by atoms with van der Waals surface area (Å²) in [5, 5.41) is 2.50. The maximum atomic E-state index is 13.0. The van der Waals surface area contributed by atoms with E-state index in [2.05, 4.69) is 10.3 Å². The number of carbonyl (C=O) groups excluding carboxylic acids is 1. The van der Waals surface area contributed by atoms with Crippen molar-refractivity contribution in [3.63, 3.8) is 0 Å². The van der Waals surface area contributed by atoms with E-state index in [1.165, 1.54) is 18.2 Å². The van der Waals surface area contributed by atoms with E-state index in [1.807, 2.05) is 0 Å². The number of aromatic nitrogens is 2. The first-order valence-electron chi connectivity index (χ1n) is 6.27. The van der Waals surface area contributed by atoms with Crippen molar-refractivity contribution in [2.45, 2.75) is 20.4 Å². The van der Waals surface area contributed by atoms with Gasteiger partial charge in [-0.15, -0.1) is 0 Å². The van der Waals surface area contributed by atoms with Gasteiger partial charge in [0, 0.05) is 16.9 Å². The van der Waals surface area contributed by atoms with Gasteiger partial charge in [-0.05, 0) is 32.0 Å². The van der Waals surface area contributed by atoms with Gasteiger partial charge in [-0.2, -0.15) is 0 Å². The second kappa shape index (κ2) is 5.74. The fraction of sp³-hybridized carbons (Fsp3) is 0.214. The average molecular weight is 290 g/mol. The van der Waals surface area contributed by atoms with Crippen molar-refractivity contribution in [1.82, 2.24) is 9.55 Å². The first kappa shape index (κ1) is 14.7. The van der Waals surface area contributed by atoms with Gasteiger partial charge < -0.3 is 11.1 Å². The molecule has 1 heterocycles. The van der Waals surface area contributed by atoms with Crippen LogP contribution in [0, 0.1) is 19.7 Å². The highest BCUT2D eigenvalue weighted by atomic mass is 19.1. The summed E-state index contributed by atoms with van der Waals surface area (Å²) >= 11 is 0. The van der Waals surface area contributed by atoms with Crippen molar-refractivity contribution in [3.8, 4) is 0 Å². The van der Waals surface area contributed by atoms with Crippen molar-refractivity contribution in [2.75, 3.05) is 11.1 Å². The first-order valence-corrected chi connectivity index (χ1v) is 6.27. The smallest absolute Gasteiger partial charge is 0.258 e. The predicted octanol–water partition coefficient (Wildman–Crippen LogP) is 1.22. The summed E-state index contributed by atoms with van der Waals surface area (Å²) in [4.78, 5) is 28.0. The Bertz CT molecular complexity index is 755. The second-order valence-electron chi connectivity index (χ2n) is 4.63. The SMILES string of the molecule is Cc1nc(N)n(CC(=O)Nc2cccc(F)c2)c(=O)c1C. The molecule has 0 unspecified atom stereocenters. The topological polar surface area (TPSA) is 90.0 Å². The zero-order valence-electron chi connectivity index (χ0n) is 11.7. The molecule has 3 N–H and O–H groups in total. The van der Waals surface area contributed by atoms with E-state index in [9.17, 15) is 14.0 Å². The van der Waals surface area contributed by atoms with Crippen LogP contribution in [0.5, 0.6) is 0 Å². The molecule has 0 spiro atoms. The lowest BCUT2D eigenvalue weighted by Crippen LogP contribution is -2.32. The van der Waals surface area contributed by atoms with Crippen molar-refractivity contribution >= 4 is 17.5 Å². The van der Waals surface area contributed by atoms with Crippen molar-refractivity contribution < 1.29 is 9.18 Å². The van der Waals surface area contributed by atoms with E-state index in [0.29, 0.717) is 16.9 Å². The molecular weight excluding hydrogens is 275 g/mol. The maximum absolute atomic E-state index is 13.0. The summed E-state index contributed by atoms with van der Waals surface area (Å²) in [6, 6.07) is 5.48. The van der Waals surface area contributed by atoms with Crippen LogP contribution in [0.2, 0.25) is 0 Å². The normalized spacial score (nSPS) is 10.4. The van der Waals surface area contributed by atoms with Gasteiger partial charge in [-0.25, -0.2) is 9.37 Å². The van der Waals surface area contributed by atoms with E-state index in [4.69, 9.17) is 5.73 Å². The molecule has 0 atom stereocenters. The third-order valence-corrected chi connectivity index (χ3v) is 3.08. The predicted molar refractivity (Wildman–Crippen MR) is 77.4 cm³/mol. The van der Waals surface area contributed by atoms with Crippen LogP contribution in [0.4, 0.5) is 16.0 Å². The monoisotopic (exact) mass is 290 g/mol. The summed E-state index contributed by atoms with van der Waals surface area (Å²) in [6.45, 7) is 3.00. The third kappa shape index (κ3) is 3.25. The van der Waals surface area contributed by atoms with E-state index < -0.39 is 11.7 Å². The molecular formula is C14H15FN4O2. The highest BCUT2D eigenvalue weighted by Gasteiger charge is 2.12. The number of rotatable bonds is 3. The van der Waals surface area contributed by atoms with Crippen LogP contribution in [0.25, 0.3) is 0 Å². The molecule has 6 nitrogen and oxygen atoms in total. The van der Waals surface area contributed by atoms with Crippen molar-refractivity contribution in [1.29, 1.82) is 0 Å². The van der Waals surface area contributed by atoms with E-state index in [-0.39, 0.29) is 18.1 Å². The summed E-state index contributed by atoms with van der Waals surface area (Å²) in [5.74, 6) is -0.978. The number of aryl methyl sites for hydroxylation is 1. The van der Waals surface area contributed by atoms with Crippen LogP contribution in [-0.4, -0.2) is 15.5 Å². The number of nitrogens with one attached hydrogen (secondary N) is 1. The zero-order valence-corrected chi connectivity index (χ0v) is 11.7. The Morgan fingerprint density at radius 3 is 2.81 bits per heavy atom. The molecule has 110 valence electrons. The number of hydrogen-bond donors (Lipinski definition) is 2. The summed E-state index contributed by atoms with van der Waals surface area (Å²) in [6.07, 6.45) is 0. The van der Waals surface area contributed by atoms with Crippen molar-refractivity contribution in [2.24, 2.45) is 0 Å². The Hall–Kier alpha value is -2.70. The number of nitrogens with two attached hydrogens (primary N) is 1. The van der Waals surface area contributed by atoms with Gasteiger partial charge in [-0.1, -0.05) is 6.07 Å². The van der Waals surface area contributed by atoms with Crippen molar-refractivity contribution in [3.05, 3.63) is 51.7 Å². The number of carbonyl (C=O) groups is 1. The van der Waals surface area contributed by atoms with E-state index in [0.717, 1.165) is 4.57 Å². The van der Waals surface area contributed by atoms with Crippen LogP contribution in [0.15, 0.2) is 29.1 Å². The molecule has 2 rings (SSSR count). The summed E-state index contributed by atoms with van der Waals surface area (Å²) < 4.78 is 14.1. The second-order valence-corrected chi connectivity index (χ2v) is 4.63. The molecule has 0 radical (unpaired) electrons. The molecule has 0 aliphatic rings. The molecule has 0 saturated heterocycles. The number of nitrogens with zero attached hydrogens (tertiary/aromatic N) is 2. The Morgan fingerprint density at radius 2 is 2.14 bits per heavy atom. The van der Waals surface area contributed by atoms with Gasteiger partial charge in [0.25, 0.3) is 5.56 Å². The molecule has 0 aliphatic carbocycles. The molecule has 0 fully saturated rings. The number of amides is 1. The molecule has 0 aliphatic heterocycles. The zero-order chi connectivity index (χ0) is 15.6. The molecule has 7 heteroatoms. The molecule has 1 aromatic heterocycles. The van der Waals surface area contributed by atoms with Gasteiger partial charge >= 0.3 is 0 Å². The standard InChI is InChI=1S/C14H15FN4O2/c1-8-9(2)17-14(16)19(13(8)21)7-12(20)18-11-5-3-4-10(15)6-11/h3-6H,7H2,1-2H3,(H2,16,17)(H,18,20). The van der Waals surface area contributed by atoms with Gasteiger partial charge in [-0.3, -0.25) is 14.2 Å². The maximum Gasteiger partial charge on any atom is 0.258 e. The lowest BCUT2D eigenvalue weighted by Gasteiger charge is -2.11. The largest absolute Gasteiger partial charge is 0.369 e. The van der Waals surface area contributed by atoms with Crippen LogP contribution < -0.4 is 16.6 Å². The Labute approximate surface area is 120 Å². The average Bonchev–Trinajstić information content (AvgIpc) is 2.41. The van der Waals surface area contributed by atoms with Gasteiger partial charge in [0.2, 0.25) is 11.9 Å². The van der Waals surface area contributed by atoms with Crippen LogP contribution in [-0.2, 0) is 11.3 Å². The van der Waals surface area contributed by atoms with Crippen LogP contribution >= 0.6 is 0 Å². The molecule has 1 aromatic carbocycles. The number of nitrogen functional groups attached to an aromatic ring is 1. The Kier molecular flexibility index (Phi) is 4.02. The molecule has 0 bridgehead atoms. The van der Waals surface area contributed by atoms with Gasteiger partial charge in [0.05, 0.1) is 0 Å². The highest BCUT2D eigenvalue weighted by Crippen LogP contribution is 2.09.